The molecule has 0 bridgehead atoms. The number of ether oxygens (including phenoxy) is 2. The Labute approximate surface area is 73.0 Å². The van der Waals surface area contributed by atoms with Crippen LogP contribution in [0.1, 0.15) is 33.1 Å². The Balaban J connectivity index is 1.99. The van der Waals surface area contributed by atoms with Gasteiger partial charge in [0.25, 0.3) is 0 Å². The minimum absolute atomic E-state index is 0.108. The molecule has 70 valence electrons. The lowest BCUT2D eigenvalue weighted by atomic mass is 10.3. The van der Waals surface area contributed by atoms with Crippen LogP contribution in [-0.4, -0.2) is 24.8 Å². The van der Waals surface area contributed by atoms with Gasteiger partial charge in [-0.1, -0.05) is 13.8 Å². The number of hydrogen-bond acceptors (Lipinski definition) is 3. The molecular formula is C9H16O3. The Morgan fingerprint density at radius 1 is 1.42 bits per heavy atom. The van der Waals surface area contributed by atoms with Crippen molar-refractivity contribution in [1.82, 2.24) is 0 Å². The standard InChI is InChI=1S/C9H16O3/c1-3-5-9(10)11-6-8-7(4-2)12-8/h7-8H,3-6H2,1-2H3. The summed E-state index contributed by atoms with van der Waals surface area (Å²) in [7, 11) is 0. The summed E-state index contributed by atoms with van der Waals surface area (Å²) in [5, 5.41) is 0. The largest absolute Gasteiger partial charge is 0.463 e. The van der Waals surface area contributed by atoms with Crippen LogP contribution in [0.3, 0.4) is 0 Å². The van der Waals surface area contributed by atoms with E-state index in [1.54, 1.807) is 0 Å². The van der Waals surface area contributed by atoms with Crippen LogP contribution < -0.4 is 0 Å². The third kappa shape index (κ3) is 2.81. The van der Waals surface area contributed by atoms with Crippen molar-refractivity contribution in [3.8, 4) is 0 Å². The van der Waals surface area contributed by atoms with Gasteiger partial charge >= 0.3 is 5.97 Å². The predicted molar refractivity (Wildman–Crippen MR) is 44.8 cm³/mol. The molecule has 0 saturated carbocycles. The number of carbonyl (C=O) groups is 1. The van der Waals surface area contributed by atoms with E-state index in [-0.39, 0.29) is 12.1 Å². The number of carbonyl (C=O) groups excluding carboxylic acids is 1. The summed E-state index contributed by atoms with van der Waals surface area (Å²) in [6, 6.07) is 0. The molecule has 0 spiro atoms. The Morgan fingerprint density at radius 3 is 2.67 bits per heavy atom. The lowest BCUT2D eigenvalue weighted by molar-refractivity contribution is -0.144. The predicted octanol–water partition coefficient (Wildman–Crippen LogP) is 1.51. The first-order valence-electron chi connectivity index (χ1n) is 4.59. The monoisotopic (exact) mass is 172 g/mol. The van der Waals surface area contributed by atoms with Gasteiger partial charge in [0.2, 0.25) is 0 Å². The van der Waals surface area contributed by atoms with E-state index < -0.39 is 0 Å². The molecule has 0 aliphatic carbocycles. The SMILES string of the molecule is CCCC(=O)OCC1OC1CC. The first-order valence-corrected chi connectivity index (χ1v) is 4.59. The average Bonchev–Trinajstić information content (AvgIpc) is 2.80. The molecule has 1 aliphatic heterocycles. The fourth-order valence-corrected chi connectivity index (χ4v) is 1.14. The van der Waals surface area contributed by atoms with Gasteiger partial charge < -0.3 is 9.47 Å². The van der Waals surface area contributed by atoms with Gasteiger partial charge in [-0.25, -0.2) is 0 Å². The molecule has 1 rings (SSSR count). The molecule has 0 aromatic heterocycles. The molecule has 1 fully saturated rings. The van der Waals surface area contributed by atoms with Gasteiger partial charge in [-0.05, 0) is 12.8 Å². The van der Waals surface area contributed by atoms with Crippen LogP contribution in [0.5, 0.6) is 0 Å². The zero-order valence-corrected chi connectivity index (χ0v) is 7.71. The van der Waals surface area contributed by atoms with Crippen molar-refractivity contribution in [1.29, 1.82) is 0 Å². The molecule has 12 heavy (non-hydrogen) atoms. The molecule has 0 N–H and O–H groups in total. The fraction of sp³-hybridized carbons (Fsp3) is 0.889. The molecule has 3 nitrogen and oxygen atoms in total. The van der Waals surface area contributed by atoms with E-state index in [1.807, 2.05) is 6.92 Å². The van der Waals surface area contributed by atoms with Crippen molar-refractivity contribution in [2.75, 3.05) is 6.61 Å². The molecule has 0 aromatic rings. The molecule has 3 heteroatoms. The summed E-state index contributed by atoms with van der Waals surface area (Å²) in [5.74, 6) is -0.108. The Hall–Kier alpha value is -0.570. The summed E-state index contributed by atoms with van der Waals surface area (Å²) in [4.78, 5) is 10.9. The van der Waals surface area contributed by atoms with Gasteiger partial charge in [-0.2, -0.15) is 0 Å². The molecule has 0 aromatic carbocycles. The fourth-order valence-electron chi connectivity index (χ4n) is 1.14. The lowest BCUT2D eigenvalue weighted by Gasteiger charge is -1.99. The van der Waals surface area contributed by atoms with Gasteiger partial charge in [0.1, 0.15) is 12.7 Å². The maximum absolute atomic E-state index is 10.9. The quantitative estimate of drug-likeness (QED) is 0.466. The van der Waals surface area contributed by atoms with Gasteiger partial charge in [0.05, 0.1) is 6.10 Å². The summed E-state index contributed by atoms with van der Waals surface area (Å²) in [6.45, 7) is 4.47. The van der Waals surface area contributed by atoms with E-state index >= 15 is 0 Å². The van der Waals surface area contributed by atoms with Crippen LogP contribution in [0, 0.1) is 0 Å². The average molecular weight is 172 g/mol. The molecule has 1 heterocycles. The Morgan fingerprint density at radius 2 is 2.17 bits per heavy atom. The van der Waals surface area contributed by atoms with E-state index in [9.17, 15) is 4.79 Å². The first-order chi connectivity index (χ1) is 5.77. The van der Waals surface area contributed by atoms with Crippen molar-refractivity contribution in [3.63, 3.8) is 0 Å². The summed E-state index contributed by atoms with van der Waals surface area (Å²) in [6.07, 6.45) is 2.89. The smallest absolute Gasteiger partial charge is 0.305 e. The van der Waals surface area contributed by atoms with Crippen LogP contribution in [0.4, 0.5) is 0 Å². The number of rotatable bonds is 5. The number of esters is 1. The minimum Gasteiger partial charge on any atom is -0.463 e. The van der Waals surface area contributed by atoms with E-state index in [4.69, 9.17) is 9.47 Å². The second kappa shape index (κ2) is 4.45. The van der Waals surface area contributed by atoms with Crippen molar-refractivity contribution in [3.05, 3.63) is 0 Å². The molecule has 1 aliphatic rings. The highest BCUT2D eigenvalue weighted by Crippen LogP contribution is 2.24. The van der Waals surface area contributed by atoms with Crippen LogP contribution in [-0.2, 0) is 14.3 Å². The second-order valence-corrected chi connectivity index (χ2v) is 3.05. The first kappa shape index (κ1) is 9.52. The van der Waals surface area contributed by atoms with Crippen molar-refractivity contribution < 1.29 is 14.3 Å². The van der Waals surface area contributed by atoms with E-state index in [2.05, 4.69) is 6.92 Å². The zero-order valence-electron chi connectivity index (χ0n) is 7.71. The third-order valence-corrected chi connectivity index (χ3v) is 1.95. The molecule has 0 amide bonds. The minimum atomic E-state index is -0.108. The van der Waals surface area contributed by atoms with Crippen LogP contribution in [0.2, 0.25) is 0 Å². The van der Waals surface area contributed by atoms with Gasteiger partial charge in [0, 0.05) is 6.42 Å². The molecule has 1 saturated heterocycles. The number of hydrogen-bond donors (Lipinski definition) is 0. The highest BCUT2D eigenvalue weighted by Gasteiger charge is 2.37. The summed E-state index contributed by atoms with van der Waals surface area (Å²) in [5.41, 5.74) is 0. The highest BCUT2D eigenvalue weighted by atomic mass is 16.6. The van der Waals surface area contributed by atoms with Crippen molar-refractivity contribution in [2.45, 2.75) is 45.3 Å². The van der Waals surface area contributed by atoms with Crippen molar-refractivity contribution in [2.24, 2.45) is 0 Å². The van der Waals surface area contributed by atoms with Crippen LogP contribution >= 0.6 is 0 Å². The van der Waals surface area contributed by atoms with Crippen LogP contribution in [0.15, 0.2) is 0 Å². The molecule has 0 radical (unpaired) electrons. The van der Waals surface area contributed by atoms with Gasteiger partial charge in [-0.15, -0.1) is 0 Å². The van der Waals surface area contributed by atoms with Gasteiger partial charge in [-0.3, -0.25) is 4.79 Å². The second-order valence-electron chi connectivity index (χ2n) is 3.05. The molecule has 2 atom stereocenters. The third-order valence-electron chi connectivity index (χ3n) is 1.95. The normalized spacial score (nSPS) is 26.8. The lowest BCUT2D eigenvalue weighted by Crippen LogP contribution is -2.10. The summed E-state index contributed by atoms with van der Waals surface area (Å²) >= 11 is 0. The van der Waals surface area contributed by atoms with E-state index in [0.717, 1.165) is 12.8 Å². The maximum atomic E-state index is 10.9. The van der Waals surface area contributed by atoms with E-state index in [0.29, 0.717) is 19.1 Å². The van der Waals surface area contributed by atoms with Gasteiger partial charge in [0.15, 0.2) is 0 Å². The topological polar surface area (TPSA) is 38.8 Å². The van der Waals surface area contributed by atoms with E-state index in [1.165, 1.54) is 0 Å². The maximum Gasteiger partial charge on any atom is 0.305 e. The zero-order chi connectivity index (χ0) is 8.97. The number of epoxide rings is 1. The van der Waals surface area contributed by atoms with Crippen LogP contribution in [0.25, 0.3) is 0 Å². The highest BCUT2D eigenvalue weighted by molar-refractivity contribution is 5.69. The molecule has 2 unspecified atom stereocenters. The molecular weight excluding hydrogens is 156 g/mol. The van der Waals surface area contributed by atoms with Crippen molar-refractivity contribution >= 4 is 5.97 Å². The summed E-state index contributed by atoms with van der Waals surface area (Å²) < 4.78 is 10.2. The Bertz CT molecular complexity index is 156. The Kier molecular flexibility index (Phi) is 3.53.